The van der Waals surface area contributed by atoms with Crippen molar-refractivity contribution < 1.29 is 14.3 Å². The molecular formula is C23H24N2O3. The fourth-order valence-electron chi connectivity index (χ4n) is 3.15. The lowest BCUT2D eigenvalue weighted by Gasteiger charge is -2.26. The molecule has 1 fully saturated rings. The Kier molecular flexibility index (Phi) is 6.40. The Morgan fingerprint density at radius 2 is 1.61 bits per heavy atom. The van der Waals surface area contributed by atoms with E-state index < -0.39 is 0 Å². The second kappa shape index (κ2) is 9.15. The average molecular weight is 376 g/mol. The van der Waals surface area contributed by atoms with Crippen molar-refractivity contribution in [3.8, 4) is 0 Å². The van der Waals surface area contributed by atoms with E-state index in [0.29, 0.717) is 32.0 Å². The maximum atomic E-state index is 12.7. The van der Waals surface area contributed by atoms with Gasteiger partial charge in [-0.25, -0.2) is 0 Å². The van der Waals surface area contributed by atoms with Crippen LogP contribution in [-0.4, -0.2) is 43.0 Å². The normalized spacial score (nSPS) is 14.5. The van der Waals surface area contributed by atoms with Crippen LogP contribution in [0.1, 0.15) is 23.6 Å². The first-order chi connectivity index (χ1) is 13.6. The molecule has 3 rings (SSSR count). The minimum absolute atomic E-state index is 0.146. The zero-order valence-corrected chi connectivity index (χ0v) is 16.0. The summed E-state index contributed by atoms with van der Waals surface area (Å²) in [4.78, 5) is 26.3. The van der Waals surface area contributed by atoms with Crippen LogP contribution in [0.5, 0.6) is 0 Å². The van der Waals surface area contributed by atoms with Crippen molar-refractivity contribution in [2.24, 2.45) is 0 Å². The van der Waals surface area contributed by atoms with Crippen LogP contribution >= 0.6 is 0 Å². The lowest BCUT2D eigenvalue weighted by Crippen LogP contribution is -2.40. The van der Waals surface area contributed by atoms with E-state index in [0.717, 1.165) is 22.3 Å². The summed E-state index contributed by atoms with van der Waals surface area (Å²) in [6, 6.07) is 17.5. The zero-order chi connectivity index (χ0) is 19.9. The molecule has 144 valence electrons. The van der Waals surface area contributed by atoms with Crippen LogP contribution in [0.25, 0.3) is 11.3 Å². The zero-order valence-electron chi connectivity index (χ0n) is 16.0. The molecule has 0 spiro atoms. The molecule has 0 unspecified atom stereocenters. The molecule has 1 saturated heterocycles. The van der Waals surface area contributed by atoms with Gasteiger partial charge in [-0.05, 0) is 16.7 Å². The first-order valence-electron chi connectivity index (χ1n) is 9.26. The van der Waals surface area contributed by atoms with Crippen LogP contribution in [0.15, 0.2) is 67.3 Å². The van der Waals surface area contributed by atoms with Crippen LogP contribution in [0.3, 0.4) is 0 Å². The van der Waals surface area contributed by atoms with Crippen molar-refractivity contribution in [1.82, 2.24) is 10.2 Å². The molecule has 0 aromatic heterocycles. The van der Waals surface area contributed by atoms with Crippen LogP contribution < -0.4 is 5.32 Å². The van der Waals surface area contributed by atoms with Crippen molar-refractivity contribution in [2.75, 3.05) is 26.3 Å². The lowest BCUT2D eigenvalue weighted by atomic mass is 9.93. The molecule has 28 heavy (non-hydrogen) atoms. The highest BCUT2D eigenvalue weighted by Gasteiger charge is 2.18. The molecule has 1 aliphatic rings. The molecule has 0 aliphatic carbocycles. The summed E-state index contributed by atoms with van der Waals surface area (Å²) in [7, 11) is 0. The fraction of sp³-hybridized carbons (Fsp3) is 0.217. The van der Waals surface area contributed by atoms with Gasteiger partial charge in [0.05, 0.1) is 18.9 Å². The quantitative estimate of drug-likeness (QED) is 0.816. The molecule has 0 radical (unpaired) electrons. The van der Waals surface area contributed by atoms with Gasteiger partial charge >= 0.3 is 0 Å². The number of benzene rings is 2. The van der Waals surface area contributed by atoms with Gasteiger partial charge in [0.2, 0.25) is 11.8 Å². The molecular weight excluding hydrogens is 352 g/mol. The molecule has 1 aliphatic heterocycles. The molecule has 1 heterocycles. The summed E-state index contributed by atoms with van der Waals surface area (Å²) in [6.45, 7) is 7.80. The van der Waals surface area contributed by atoms with Gasteiger partial charge < -0.3 is 15.0 Å². The number of ether oxygens (including phenoxy) is 1. The van der Waals surface area contributed by atoms with Crippen LogP contribution in [0, 0.1) is 0 Å². The summed E-state index contributed by atoms with van der Waals surface area (Å²) in [5.74, 6) is -0.381. The first-order valence-corrected chi connectivity index (χ1v) is 9.26. The van der Waals surface area contributed by atoms with Crippen LogP contribution in [-0.2, 0) is 14.3 Å². The topological polar surface area (TPSA) is 58.6 Å². The van der Waals surface area contributed by atoms with E-state index in [9.17, 15) is 9.59 Å². The van der Waals surface area contributed by atoms with Gasteiger partial charge in [-0.1, -0.05) is 61.2 Å². The highest BCUT2D eigenvalue weighted by Crippen LogP contribution is 2.28. The van der Waals surface area contributed by atoms with Crippen molar-refractivity contribution in [3.63, 3.8) is 0 Å². The number of nitrogens with zero attached hydrogens (tertiary/aromatic N) is 1. The van der Waals surface area contributed by atoms with E-state index in [2.05, 4.69) is 11.9 Å². The van der Waals surface area contributed by atoms with Gasteiger partial charge in [-0.15, -0.1) is 0 Å². The SMILES string of the molecule is C=C(c1ccccc1)c1ccccc1/C(=C/C(=O)N1CCOCC1)NC(C)=O. The Morgan fingerprint density at radius 3 is 2.25 bits per heavy atom. The van der Waals surface area contributed by atoms with E-state index in [1.54, 1.807) is 4.90 Å². The summed E-state index contributed by atoms with van der Waals surface area (Å²) in [5.41, 5.74) is 3.90. The average Bonchev–Trinajstić information content (AvgIpc) is 2.73. The molecule has 1 N–H and O–H groups in total. The van der Waals surface area contributed by atoms with E-state index in [1.165, 1.54) is 13.0 Å². The predicted molar refractivity (Wildman–Crippen MR) is 110 cm³/mol. The molecule has 5 heteroatoms. The Bertz CT molecular complexity index is 897. The Morgan fingerprint density at radius 1 is 1.00 bits per heavy atom. The minimum Gasteiger partial charge on any atom is -0.378 e. The minimum atomic E-state index is -0.235. The van der Waals surface area contributed by atoms with Gasteiger partial charge in [-0.2, -0.15) is 0 Å². The number of hydrogen-bond acceptors (Lipinski definition) is 3. The monoisotopic (exact) mass is 376 g/mol. The van der Waals surface area contributed by atoms with Crippen molar-refractivity contribution in [3.05, 3.63) is 83.9 Å². The van der Waals surface area contributed by atoms with Crippen molar-refractivity contribution in [2.45, 2.75) is 6.92 Å². The molecule has 2 amide bonds. The Labute approximate surface area is 165 Å². The third kappa shape index (κ3) is 4.75. The highest BCUT2D eigenvalue weighted by molar-refractivity contribution is 6.00. The summed E-state index contributed by atoms with van der Waals surface area (Å²) < 4.78 is 5.31. The summed E-state index contributed by atoms with van der Waals surface area (Å²) in [5, 5.41) is 2.82. The van der Waals surface area contributed by atoms with E-state index >= 15 is 0 Å². The number of nitrogens with one attached hydrogen (secondary N) is 1. The standard InChI is InChI=1S/C23H24N2O3/c1-17(19-8-4-3-5-9-19)20-10-6-7-11-21(20)22(24-18(2)26)16-23(27)25-12-14-28-15-13-25/h3-11,16H,1,12-15H2,2H3,(H,24,26)/b22-16-. The number of amides is 2. The smallest absolute Gasteiger partial charge is 0.248 e. The summed E-state index contributed by atoms with van der Waals surface area (Å²) >= 11 is 0. The maximum Gasteiger partial charge on any atom is 0.248 e. The van der Waals surface area contributed by atoms with E-state index in [4.69, 9.17) is 4.74 Å². The lowest BCUT2D eigenvalue weighted by molar-refractivity contribution is -0.129. The van der Waals surface area contributed by atoms with Crippen LogP contribution in [0.4, 0.5) is 0 Å². The second-order valence-corrected chi connectivity index (χ2v) is 6.57. The Balaban J connectivity index is 1.99. The third-order valence-electron chi connectivity index (χ3n) is 4.57. The number of rotatable bonds is 5. The van der Waals surface area contributed by atoms with Gasteiger partial charge in [-0.3, -0.25) is 9.59 Å². The maximum absolute atomic E-state index is 12.7. The highest BCUT2D eigenvalue weighted by atomic mass is 16.5. The summed E-state index contributed by atoms with van der Waals surface area (Å²) in [6.07, 6.45) is 1.49. The van der Waals surface area contributed by atoms with Crippen molar-refractivity contribution in [1.29, 1.82) is 0 Å². The largest absolute Gasteiger partial charge is 0.378 e. The number of carbonyl (C=O) groups excluding carboxylic acids is 2. The molecule has 5 nitrogen and oxygen atoms in total. The van der Waals surface area contributed by atoms with E-state index in [-0.39, 0.29) is 11.8 Å². The molecule has 2 aromatic carbocycles. The molecule has 0 saturated carbocycles. The van der Waals surface area contributed by atoms with E-state index in [1.807, 2.05) is 54.6 Å². The van der Waals surface area contributed by atoms with Gasteiger partial charge in [0.15, 0.2) is 0 Å². The Hall–Kier alpha value is -3.18. The predicted octanol–water partition coefficient (Wildman–Crippen LogP) is 3.08. The molecule has 0 atom stereocenters. The third-order valence-corrected chi connectivity index (χ3v) is 4.57. The first kappa shape index (κ1) is 19.6. The molecule has 0 bridgehead atoms. The molecule has 2 aromatic rings. The number of carbonyl (C=O) groups is 2. The number of morpholine rings is 1. The second-order valence-electron chi connectivity index (χ2n) is 6.57. The van der Waals surface area contributed by atoms with Gasteiger partial charge in [0, 0.05) is 31.7 Å². The fourth-order valence-corrected chi connectivity index (χ4v) is 3.15. The van der Waals surface area contributed by atoms with Gasteiger partial charge in [0.1, 0.15) is 0 Å². The van der Waals surface area contributed by atoms with Gasteiger partial charge in [0.25, 0.3) is 0 Å². The van der Waals surface area contributed by atoms with Crippen molar-refractivity contribution >= 4 is 23.1 Å². The van der Waals surface area contributed by atoms with Crippen LogP contribution in [0.2, 0.25) is 0 Å². The number of hydrogen-bond donors (Lipinski definition) is 1.